The minimum absolute atomic E-state index is 0.190. The Kier molecular flexibility index (Phi) is 1.89. The van der Waals surface area contributed by atoms with Crippen molar-refractivity contribution >= 4 is 28.4 Å². The normalized spacial score (nSPS) is 15.2. The summed E-state index contributed by atoms with van der Waals surface area (Å²) in [5.74, 6) is -1.41. The molecule has 17 heavy (non-hydrogen) atoms. The largest absolute Gasteiger partial charge is 0.464 e. The van der Waals surface area contributed by atoms with Crippen LogP contribution < -0.4 is 5.32 Å². The van der Waals surface area contributed by atoms with Crippen molar-refractivity contribution in [1.82, 2.24) is 5.32 Å². The second-order valence-electron chi connectivity index (χ2n) is 3.63. The van der Waals surface area contributed by atoms with E-state index in [0.717, 1.165) is 0 Å². The summed E-state index contributed by atoms with van der Waals surface area (Å²) in [5.41, 5.74) is 0.866. The Labute approximate surface area is 94.7 Å². The fourth-order valence-corrected chi connectivity index (χ4v) is 1.85. The molecule has 0 saturated heterocycles. The summed E-state index contributed by atoms with van der Waals surface area (Å²) in [4.78, 5) is 22.6. The maximum absolute atomic E-state index is 13.4. The number of hydrogen-bond acceptors (Lipinski definition) is 3. The predicted octanol–water partition coefficient (Wildman–Crippen LogP) is 1.61. The van der Waals surface area contributed by atoms with Crippen molar-refractivity contribution in [2.45, 2.75) is 0 Å². The second-order valence-corrected chi connectivity index (χ2v) is 3.63. The van der Waals surface area contributed by atoms with Gasteiger partial charge in [-0.25, -0.2) is 4.39 Å². The molecule has 1 aliphatic rings. The lowest BCUT2D eigenvalue weighted by Crippen LogP contribution is -2.21. The molecule has 84 valence electrons. The summed E-state index contributed by atoms with van der Waals surface area (Å²) in [7, 11) is 0. The summed E-state index contributed by atoms with van der Waals surface area (Å²) in [6.45, 7) is 0. The standard InChI is InChI=1S/C12H6FNO3/c13-9-2-1-6(11-7(9)3-4-17-11)8-5-10(15)14-12(8)16/h1-5H,(H,14,15,16). The molecule has 1 aliphatic heterocycles. The van der Waals surface area contributed by atoms with Crippen molar-refractivity contribution in [2.75, 3.05) is 0 Å². The Balaban J connectivity index is 2.29. The number of fused-ring (bicyclic) bond motifs is 1. The number of amides is 2. The SMILES string of the molecule is O=C1C=C(c2ccc(F)c3ccoc23)C(=O)N1. The molecular formula is C12H6FNO3. The molecule has 1 N–H and O–H groups in total. The highest BCUT2D eigenvalue weighted by molar-refractivity contribution is 6.34. The van der Waals surface area contributed by atoms with E-state index in [4.69, 9.17) is 4.42 Å². The van der Waals surface area contributed by atoms with Gasteiger partial charge in [-0.1, -0.05) is 0 Å². The van der Waals surface area contributed by atoms with Crippen LogP contribution in [0.1, 0.15) is 5.56 Å². The number of rotatable bonds is 1. The van der Waals surface area contributed by atoms with Gasteiger partial charge in [-0.05, 0) is 18.2 Å². The first-order chi connectivity index (χ1) is 8.16. The second kappa shape index (κ2) is 3.28. The molecule has 2 amide bonds. The number of nitrogens with one attached hydrogen (secondary N) is 1. The van der Waals surface area contributed by atoms with Crippen molar-refractivity contribution in [3.05, 3.63) is 41.9 Å². The molecule has 0 unspecified atom stereocenters. The summed E-state index contributed by atoms with van der Waals surface area (Å²) >= 11 is 0. The average Bonchev–Trinajstić information content (AvgIpc) is 2.87. The van der Waals surface area contributed by atoms with Gasteiger partial charge in [-0.15, -0.1) is 0 Å². The van der Waals surface area contributed by atoms with Gasteiger partial charge in [-0.3, -0.25) is 14.9 Å². The van der Waals surface area contributed by atoms with E-state index in [1.165, 1.54) is 30.5 Å². The smallest absolute Gasteiger partial charge is 0.259 e. The van der Waals surface area contributed by atoms with Gasteiger partial charge in [0.1, 0.15) is 11.4 Å². The molecule has 0 fully saturated rings. The molecule has 0 atom stereocenters. The lowest BCUT2D eigenvalue weighted by molar-refractivity contribution is -0.123. The quantitative estimate of drug-likeness (QED) is 0.758. The van der Waals surface area contributed by atoms with Crippen molar-refractivity contribution in [2.24, 2.45) is 0 Å². The predicted molar refractivity (Wildman–Crippen MR) is 57.3 cm³/mol. The summed E-state index contributed by atoms with van der Waals surface area (Å²) < 4.78 is 18.6. The molecule has 2 heterocycles. The van der Waals surface area contributed by atoms with Crippen LogP contribution in [0.4, 0.5) is 4.39 Å². The van der Waals surface area contributed by atoms with Gasteiger partial charge >= 0.3 is 0 Å². The van der Waals surface area contributed by atoms with Gasteiger partial charge in [0, 0.05) is 11.6 Å². The Morgan fingerprint density at radius 1 is 1.18 bits per heavy atom. The van der Waals surface area contributed by atoms with E-state index in [1.54, 1.807) is 0 Å². The Hall–Kier alpha value is -2.43. The van der Waals surface area contributed by atoms with Gasteiger partial charge in [0.2, 0.25) is 0 Å². The van der Waals surface area contributed by atoms with E-state index < -0.39 is 17.6 Å². The number of benzene rings is 1. The highest BCUT2D eigenvalue weighted by atomic mass is 19.1. The van der Waals surface area contributed by atoms with Crippen molar-refractivity contribution in [1.29, 1.82) is 0 Å². The van der Waals surface area contributed by atoms with Crippen molar-refractivity contribution in [3.8, 4) is 0 Å². The molecule has 0 spiro atoms. The Bertz CT molecular complexity index is 684. The third kappa shape index (κ3) is 1.36. The molecule has 0 bridgehead atoms. The molecule has 1 aromatic carbocycles. The topological polar surface area (TPSA) is 59.3 Å². The molecular weight excluding hydrogens is 225 g/mol. The number of carbonyl (C=O) groups is 2. The van der Waals surface area contributed by atoms with Crippen molar-refractivity contribution < 1.29 is 18.4 Å². The van der Waals surface area contributed by atoms with Gasteiger partial charge in [0.05, 0.1) is 17.2 Å². The van der Waals surface area contributed by atoms with Crippen LogP contribution in [0.3, 0.4) is 0 Å². The van der Waals surface area contributed by atoms with Gasteiger partial charge in [0.25, 0.3) is 11.8 Å². The zero-order chi connectivity index (χ0) is 12.0. The van der Waals surface area contributed by atoms with E-state index in [-0.39, 0.29) is 16.5 Å². The van der Waals surface area contributed by atoms with E-state index >= 15 is 0 Å². The Morgan fingerprint density at radius 2 is 2.00 bits per heavy atom. The van der Waals surface area contributed by atoms with Gasteiger partial charge in [-0.2, -0.15) is 0 Å². The number of imide groups is 1. The molecule has 3 rings (SSSR count). The van der Waals surface area contributed by atoms with Crippen LogP contribution in [0.25, 0.3) is 16.5 Å². The zero-order valence-corrected chi connectivity index (χ0v) is 8.49. The number of carbonyl (C=O) groups excluding carboxylic acids is 2. The first kappa shape index (κ1) is 9.77. The highest BCUT2D eigenvalue weighted by Crippen LogP contribution is 2.29. The third-order valence-corrected chi connectivity index (χ3v) is 2.61. The lowest BCUT2D eigenvalue weighted by atomic mass is 10.0. The van der Waals surface area contributed by atoms with E-state index in [9.17, 15) is 14.0 Å². The van der Waals surface area contributed by atoms with Gasteiger partial charge < -0.3 is 4.42 Å². The fourth-order valence-electron chi connectivity index (χ4n) is 1.85. The van der Waals surface area contributed by atoms with Crippen LogP contribution >= 0.6 is 0 Å². The van der Waals surface area contributed by atoms with Gasteiger partial charge in [0.15, 0.2) is 0 Å². The molecule has 5 heteroatoms. The molecule has 0 aliphatic carbocycles. The zero-order valence-electron chi connectivity index (χ0n) is 8.49. The minimum Gasteiger partial charge on any atom is -0.464 e. The van der Waals surface area contributed by atoms with Crippen LogP contribution in [-0.4, -0.2) is 11.8 Å². The van der Waals surface area contributed by atoms with Crippen LogP contribution in [0.2, 0.25) is 0 Å². The first-order valence-electron chi connectivity index (χ1n) is 4.90. The maximum Gasteiger partial charge on any atom is 0.259 e. The number of hydrogen-bond donors (Lipinski definition) is 1. The summed E-state index contributed by atoms with van der Waals surface area (Å²) in [6, 6.07) is 4.14. The number of furan rings is 1. The monoisotopic (exact) mass is 231 g/mol. The Morgan fingerprint density at radius 3 is 2.71 bits per heavy atom. The first-order valence-corrected chi connectivity index (χ1v) is 4.90. The molecule has 4 nitrogen and oxygen atoms in total. The van der Waals surface area contributed by atoms with Crippen LogP contribution in [0.5, 0.6) is 0 Å². The summed E-state index contributed by atoms with van der Waals surface area (Å²) in [5, 5.41) is 2.42. The average molecular weight is 231 g/mol. The number of halogens is 1. The highest BCUT2D eigenvalue weighted by Gasteiger charge is 2.25. The molecule has 2 aromatic rings. The van der Waals surface area contributed by atoms with Crippen molar-refractivity contribution in [3.63, 3.8) is 0 Å². The van der Waals surface area contributed by atoms with Crippen LogP contribution in [0, 0.1) is 5.82 Å². The van der Waals surface area contributed by atoms with E-state index in [0.29, 0.717) is 5.56 Å². The van der Waals surface area contributed by atoms with Crippen LogP contribution in [0.15, 0.2) is 35.0 Å². The minimum atomic E-state index is -0.501. The maximum atomic E-state index is 13.4. The fraction of sp³-hybridized carbons (Fsp3) is 0. The summed E-state index contributed by atoms with van der Waals surface area (Å²) in [6.07, 6.45) is 2.52. The lowest BCUT2D eigenvalue weighted by Gasteiger charge is -2.01. The van der Waals surface area contributed by atoms with E-state index in [2.05, 4.69) is 5.32 Å². The van der Waals surface area contributed by atoms with Crippen LogP contribution in [-0.2, 0) is 9.59 Å². The molecule has 0 saturated carbocycles. The molecule has 1 aromatic heterocycles. The molecule has 0 radical (unpaired) electrons. The van der Waals surface area contributed by atoms with E-state index in [1.807, 2.05) is 0 Å². The third-order valence-electron chi connectivity index (χ3n) is 2.61.